The third kappa shape index (κ3) is 4.54. The molecule has 0 unspecified atom stereocenters. The Labute approximate surface area is 69.5 Å². The van der Waals surface area contributed by atoms with Gasteiger partial charge in [-0.05, 0) is 17.9 Å². The maximum Gasteiger partial charge on any atom is 0.0357 e. The fraction of sp³-hybridized carbons (Fsp3) is 0.500. The molecule has 1 heteroatoms. The molecule has 11 heavy (non-hydrogen) atoms. The standard InChI is InChI=1S/C10H17N/c1-6-9(4)7-11-10(5)8(2)3/h7-8H,4-6H2,1-3H3. The van der Waals surface area contributed by atoms with Crippen LogP contribution >= 0.6 is 0 Å². The van der Waals surface area contributed by atoms with Crippen molar-refractivity contribution in [2.75, 3.05) is 0 Å². The van der Waals surface area contributed by atoms with E-state index in [4.69, 9.17) is 0 Å². The summed E-state index contributed by atoms with van der Waals surface area (Å²) in [7, 11) is 0. The quantitative estimate of drug-likeness (QED) is 0.547. The van der Waals surface area contributed by atoms with Crippen molar-refractivity contribution in [3.8, 4) is 0 Å². The van der Waals surface area contributed by atoms with Crippen LogP contribution in [0.1, 0.15) is 27.2 Å². The zero-order valence-electron chi connectivity index (χ0n) is 7.72. The second kappa shape index (κ2) is 4.89. The summed E-state index contributed by atoms with van der Waals surface area (Å²) in [6.07, 6.45) is 2.75. The topological polar surface area (TPSA) is 12.4 Å². The van der Waals surface area contributed by atoms with Gasteiger partial charge in [0.2, 0.25) is 0 Å². The lowest BCUT2D eigenvalue weighted by Gasteiger charge is -2.01. The molecule has 0 heterocycles. The van der Waals surface area contributed by atoms with Crippen molar-refractivity contribution in [2.24, 2.45) is 10.9 Å². The van der Waals surface area contributed by atoms with E-state index in [-0.39, 0.29) is 0 Å². The van der Waals surface area contributed by atoms with Gasteiger partial charge in [-0.15, -0.1) is 0 Å². The minimum absolute atomic E-state index is 0.427. The molecular formula is C10H17N. The zero-order chi connectivity index (χ0) is 8.85. The van der Waals surface area contributed by atoms with Crippen molar-refractivity contribution in [3.05, 3.63) is 24.4 Å². The molecule has 0 radical (unpaired) electrons. The van der Waals surface area contributed by atoms with E-state index in [2.05, 4.69) is 38.9 Å². The van der Waals surface area contributed by atoms with Crippen LogP contribution in [0.3, 0.4) is 0 Å². The lowest BCUT2D eigenvalue weighted by atomic mass is 10.2. The fourth-order valence-electron chi connectivity index (χ4n) is 0.415. The summed E-state index contributed by atoms with van der Waals surface area (Å²) in [5.41, 5.74) is 1.96. The molecule has 0 bridgehead atoms. The van der Waals surface area contributed by atoms with E-state index < -0.39 is 0 Å². The first kappa shape index (κ1) is 10.2. The fourth-order valence-corrected chi connectivity index (χ4v) is 0.415. The number of rotatable bonds is 4. The van der Waals surface area contributed by atoms with Crippen molar-refractivity contribution in [2.45, 2.75) is 27.2 Å². The summed E-state index contributed by atoms with van der Waals surface area (Å²) in [6.45, 7) is 13.9. The average molecular weight is 151 g/mol. The number of hydrogen-bond donors (Lipinski definition) is 0. The highest BCUT2D eigenvalue weighted by Crippen LogP contribution is 2.07. The number of nitrogens with zero attached hydrogens (tertiary/aromatic N) is 1. The smallest absolute Gasteiger partial charge is 0.0357 e. The van der Waals surface area contributed by atoms with Crippen molar-refractivity contribution in [3.63, 3.8) is 0 Å². The maximum absolute atomic E-state index is 4.18. The van der Waals surface area contributed by atoms with Gasteiger partial charge in [-0.3, -0.25) is 4.99 Å². The van der Waals surface area contributed by atoms with Crippen molar-refractivity contribution in [1.82, 2.24) is 0 Å². The monoisotopic (exact) mass is 151 g/mol. The van der Waals surface area contributed by atoms with Gasteiger partial charge in [-0.2, -0.15) is 0 Å². The Balaban J connectivity index is 3.93. The predicted octanol–water partition coefficient (Wildman–Crippen LogP) is 3.19. The highest BCUT2D eigenvalue weighted by Gasteiger charge is 1.94. The van der Waals surface area contributed by atoms with Crippen LogP contribution in [-0.4, -0.2) is 6.21 Å². The lowest BCUT2D eigenvalue weighted by Crippen LogP contribution is -1.89. The Kier molecular flexibility index (Phi) is 4.51. The van der Waals surface area contributed by atoms with Crippen LogP contribution in [0.5, 0.6) is 0 Å². The van der Waals surface area contributed by atoms with Crippen LogP contribution in [0.15, 0.2) is 29.4 Å². The van der Waals surface area contributed by atoms with Crippen LogP contribution < -0.4 is 0 Å². The molecule has 0 aliphatic heterocycles. The Morgan fingerprint density at radius 3 is 2.36 bits per heavy atom. The molecule has 0 saturated heterocycles. The van der Waals surface area contributed by atoms with Gasteiger partial charge < -0.3 is 0 Å². The van der Waals surface area contributed by atoms with Crippen molar-refractivity contribution >= 4 is 6.21 Å². The van der Waals surface area contributed by atoms with E-state index in [9.17, 15) is 0 Å². The van der Waals surface area contributed by atoms with Gasteiger partial charge in [0, 0.05) is 11.9 Å². The number of aliphatic imine (C=N–C) groups is 1. The van der Waals surface area contributed by atoms with Crippen LogP contribution in [0.4, 0.5) is 0 Å². The average Bonchev–Trinajstić information content (AvgIpc) is 1.99. The summed E-state index contributed by atoms with van der Waals surface area (Å²) >= 11 is 0. The van der Waals surface area contributed by atoms with Gasteiger partial charge in [-0.1, -0.05) is 33.9 Å². The largest absolute Gasteiger partial charge is 0.261 e. The summed E-state index contributed by atoms with van der Waals surface area (Å²) in [6, 6.07) is 0. The summed E-state index contributed by atoms with van der Waals surface area (Å²) in [5, 5.41) is 0. The molecule has 0 aromatic heterocycles. The van der Waals surface area contributed by atoms with Crippen molar-refractivity contribution < 1.29 is 0 Å². The lowest BCUT2D eigenvalue weighted by molar-refractivity contribution is 0.763. The zero-order valence-corrected chi connectivity index (χ0v) is 7.72. The Bertz CT molecular complexity index is 175. The predicted molar refractivity (Wildman–Crippen MR) is 51.9 cm³/mol. The summed E-state index contributed by atoms with van der Waals surface area (Å²) < 4.78 is 0. The van der Waals surface area contributed by atoms with Gasteiger partial charge in [0.15, 0.2) is 0 Å². The maximum atomic E-state index is 4.18. The Morgan fingerprint density at radius 1 is 1.45 bits per heavy atom. The van der Waals surface area contributed by atoms with Crippen LogP contribution in [-0.2, 0) is 0 Å². The molecule has 0 aliphatic carbocycles. The molecule has 0 aliphatic rings. The van der Waals surface area contributed by atoms with Crippen LogP contribution in [0.2, 0.25) is 0 Å². The van der Waals surface area contributed by atoms with Gasteiger partial charge in [0.25, 0.3) is 0 Å². The molecule has 1 nitrogen and oxygen atoms in total. The minimum Gasteiger partial charge on any atom is -0.261 e. The Hall–Kier alpha value is -0.850. The normalized spacial score (nSPS) is 10.9. The van der Waals surface area contributed by atoms with Gasteiger partial charge >= 0.3 is 0 Å². The minimum atomic E-state index is 0.427. The second-order valence-electron chi connectivity index (χ2n) is 2.92. The third-order valence-corrected chi connectivity index (χ3v) is 1.53. The van der Waals surface area contributed by atoms with E-state index in [0.29, 0.717) is 5.92 Å². The summed E-state index contributed by atoms with van der Waals surface area (Å²) in [5.74, 6) is 0.427. The molecule has 0 aromatic rings. The van der Waals surface area contributed by atoms with E-state index in [0.717, 1.165) is 17.7 Å². The van der Waals surface area contributed by atoms with E-state index in [1.165, 1.54) is 0 Å². The van der Waals surface area contributed by atoms with Crippen molar-refractivity contribution in [1.29, 1.82) is 0 Å². The first-order chi connectivity index (χ1) is 5.07. The molecule has 62 valence electrons. The summed E-state index contributed by atoms with van der Waals surface area (Å²) in [4.78, 5) is 4.18. The molecule has 0 saturated carbocycles. The first-order valence-electron chi connectivity index (χ1n) is 3.98. The van der Waals surface area contributed by atoms with Crippen LogP contribution in [0, 0.1) is 5.92 Å². The van der Waals surface area contributed by atoms with E-state index >= 15 is 0 Å². The van der Waals surface area contributed by atoms with E-state index in [1.54, 1.807) is 6.21 Å². The molecule has 0 amide bonds. The Morgan fingerprint density at radius 2 is 2.00 bits per heavy atom. The van der Waals surface area contributed by atoms with Gasteiger partial charge in [0.1, 0.15) is 0 Å². The number of allylic oxidation sites excluding steroid dienone is 2. The highest BCUT2D eigenvalue weighted by atomic mass is 14.7. The molecule has 0 spiro atoms. The molecule has 0 N–H and O–H groups in total. The first-order valence-corrected chi connectivity index (χ1v) is 3.98. The SMILES string of the molecule is C=C(C=NC(=C)C(C)C)CC. The second-order valence-corrected chi connectivity index (χ2v) is 2.92. The molecular weight excluding hydrogens is 134 g/mol. The molecule has 0 rings (SSSR count). The number of hydrogen-bond acceptors (Lipinski definition) is 1. The van der Waals surface area contributed by atoms with Gasteiger partial charge in [-0.25, -0.2) is 0 Å². The molecule has 0 atom stereocenters. The molecule has 0 aromatic carbocycles. The highest BCUT2D eigenvalue weighted by molar-refractivity contribution is 5.78. The van der Waals surface area contributed by atoms with Crippen LogP contribution in [0.25, 0.3) is 0 Å². The molecule has 0 fully saturated rings. The van der Waals surface area contributed by atoms with Gasteiger partial charge in [0.05, 0.1) is 0 Å². The third-order valence-electron chi connectivity index (χ3n) is 1.53. The van der Waals surface area contributed by atoms with E-state index in [1.807, 2.05) is 0 Å².